The highest BCUT2D eigenvalue weighted by atomic mass is 35.5. The highest BCUT2D eigenvalue weighted by Crippen LogP contribution is 2.29. The van der Waals surface area contributed by atoms with E-state index < -0.39 is 5.54 Å². The summed E-state index contributed by atoms with van der Waals surface area (Å²) < 4.78 is 0. The van der Waals surface area contributed by atoms with Crippen molar-refractivity contribution in [1.29, 1.82) is 0 Å². The number of aliphatic hydroxyl groups is 1. The molecule has 1 aromatic rings. The monoisotopic (exact) mass is 267 g/mol. The summed E-state index contributed by atoms with van der Waals surface area (Å²) in [6.45, 7) is 1.88. The fourth-order valence-electron chi connectivity index (χ4n) is 2.52. The van der Waals surface area contributed by atoms with Crippen molar-refractivity contribution in [3.05, 3.63) is 34.3 Å². The molecule has 1 aliphatic rings. The number of carbonyl (C=O) groups is 1. The van der Waals surface area contributed by atoms with Gasteiger partial charge in [0.15, 0.2) is 0 Å². The van der Waals surface area contributed by atoms with Crippen LogP contribution in [0.25, 0.3) is 0 Å². The zero-order valence-electron chi connectivity index (χ0n) is 10.5. The van der Waals surface area contributed by atoms with Crippen LogP contribution in [-0.4, -0.2) is 23.2 Å². The molecule has 1 saturated carbocycles. The molecule has 1 fully saturated rings. The molecular formula is C14H18ClNO2. The van der Waals surface area contributed by atoms with Gasteiger partial charge >= 0.3 is 0 Å². The lowest BCUT2D eigenvalue weighted by Crippen LogP contribution is -2.49. The zero-order chi connectivity index (χ0) is 13.2. The third-order valence-electron chi connectivity index (χ3n) is 3.69. The average Bonchev–Trinajstić information content (AvgIpc) is 2.81. The highest BCUT2D eigenvalue weighted by Gasteiger charge is 2.35. The Hall–Kier alpha value is -1.06. The Kier molecular flexibility index (Phi) is 3.93. The molecule has 18 heavy (non-hydrogen) atoms. The molecule has 1 amide bonds. The molecule has 4 heteroatoms. The summed E-state index contributed by atoms with van der Waals surface area (Å²) in [5, 5.41) is 13.0. The molecule has 0 saturated heterocycles. The Labute approximate surface area is 112 Å². The van der Waals surface area contributed by atoms with Gasteiger partial charge in [0, 0.05) is 10.6 Å². The predicted octanol–water partition coefficient (Wildman–Crippen LogP) is 2.68. The summed E-state index contributed by atoms with van der Waals surface area (Å²) in [5.41, 5.74) is 1.04. The van der Waals surface area contributed by atoms with E-state index in [4.69, 9.17) is 11.6 Å². The Morgan fingerprint density at radius 2 is 2.11 bits per heavy atom. The molecule has 3 nitrogen and oxygen atoms in total. The zero-order valence-corrected chi connectivity index (χ0v) is 11.3. The molecule has 0 heterocycles. The van der Waals surface area contributed by atoms with Gasteiger partial charge in [-0.15, -0.1) is 0 Å². The van der Waals surface area contributed by atoms with Crippen molar-refractivity contribution in [3.63, 3.8) is 0 Å². The van der Waals surface area contributed by atoms with Gasteiger partial charge in [0.1, 0.15) is 0 Å². The number of hydrogen-bond acceptors (Lipinski definition) is 2. The third kappa shape index (κ3) is 2.68. The standard InChI is InChI=1S/C14H18ClNO2/c1-10-4-5-11(15)8-12(10)13(18)16-14(9-17)6-2-3-7-14/h4-5,8,17H,2-3,6-7,9H2,1H3,(H,16,18). The first-order valence-electron chi connectivity index (χ1n) is 6.26. The molecule has 0 bridgehead atoms. The first-order chi connectivity index (χ1) is 8.56. The molecule has 0 unspecified atom stereocenters. The molecule has 98 valence electrons. The number of carbonyl (C=O) groups excluding carboxylic acids is 1. The van der Waals surface area contributed by atoms with Gasteiger partial charge in [0.2, 0.25) is 0 Å². The van der Waals surface area contributed by atoms with Crippen LogP contribution in [0.1, 0.15) is 41.6 Å². The van der Waals surface area contributed by atoms with Gasteiger partial charge in [-0.05, 0) is 37.5 Å². The predicted molar refractivity (Wildman–Crippen MR) is 71.9 cm³/mol. The van der Waals surface area contributed by atoms with E-state index >= 15 is 0 Å². The SMILES string of the molecule is Cc1ccc(Cl)cc1C(=O)NC1(CO)CCCC1. The summed E-state index contributed by atoms with van der Waals surface area (Å²) in [6, 6.07) is 5.27. The van der Waals surface area contributed by atoms with Crippen LogP contribution in [0.2, 0.25) is 5.02 Å². The summed E-state index contributed by atoms with van der Waals surface area (Å²) in [5.74, 6) is -0.147. The lowest BCUT2D eigenvalue weighted by molar-refractivity contribution is 0.0838. The van der Waals surface area contributed by atoms with Gasteiger partial charge in [-0.2, -0.15) is 0 Å². The normalized spacial score (nSPS) is 17.7. The highest BCUT2D eigenvalue weighted by molar-refractivity contribution is 6.31. The van der Waals surface area contributed by atoms with Gasteiger partial charge in [0.05, 0.1) is 12.1 Å². The molecular weight excluding hydrogens is 250 g/mol. The maximum absolute atomic E-state index is 12.3. The fourth-order valence-corrected chi connectivity index (χ4v) is 2.69. The third-order valence-corrected chi connectivity index (χ3v) is 3.92. The maximum Gasteiger partial charge on any atom is 0.252 e. The Morgan fingerprint density at radius 3 is 2.72 bits per heavy atom. The largest absolute Gasteiger partial charge is 0.394 e. The number of hydrogen-bond donors (Lipinski definition) is 2. The van der Waals surface area contributed by atoms with E-state index in [0.29, 0.717) is 10.6 Å². The number of aliphatic hydroxyl groups excluding tert-OH is 1. The van der Waals surface area contributed by atoms with Crippen LogP contribution in [0.4, 0.5) is 0 Å². The van der Waals surface area contributed by atoms with Crippen molar-refractivity contribution in [3.8, 4) is 0 Å². The van der Waals surface area contributed by atoms with E-state index in [0.717, 1.165) is 31.2 Å². The molecule has 2 rings (SSSR count). The van der Waals surface area contributed by atoms with E-state index in [2.05, 4.69) is 5.32 Å². The molecule has 0 radical (unpaired) electrons. The number of halogens is 1. The number of rotatable bonds is 3. The van der Waals surface area contributed by atoms with Crippen molar-refractivity contribution < 1.29 is 9.90 Å². The van der Waals surface area contributed by atoms with Crippen LogP contribution in [0, 0.1) is 6.92 Å². The summed E-state index contributed by atoms with van der Waals surface area (Å²) >= 11 is 5.92. The lowest BCUT2D eigenvalue weighted by Gasteiger charge is -2.28. The topological polar surface area (TPSA) is 49.3 Å². The molecule has 0 aromatic heterocycles. The van der Waals surface area contributed by atoms with Crippen LogP contribution in [-0.2, 0) is 0 Å². The fraction of sp³-hybridized carbons (Fsp3) is 0.500. The van der Waals surface area contributed by atoms with Crippen LogP contribution in [0.3, 0.4) is 0 Å². The molecule has 0 aliphatic heterocycles. The lowest BCUT2D eigenvalue weighted by atomic mass is 9.97. The van der Waals surface area contributed by atoms with Gasteiger partial charge in [-0.1, -0.05) is 30.5 Å². The minimum Gasteiger partial charge on any atom is -0.394 e. The first kappa shape index (κ1) is 13.4. The van der Waals surface area contributed by atoms with Crippen molar-refractivity contribution >= 4 is 17.5 Å². The summed E-state index contributed by atoms with van der Waals surface area (Å²) in [6.07, 6.45) is 3.79. The summed E-state index contributed by atoms with van der Waals surface area (Å²) in [4.78, 5) is 12.3. The molecule has 1 aliphatic carbocycles. The number of aryl methyl sites for hydroxylation is 1. The Bertz CT molecular complexity index is 453. The second-order valence-electron chi connectivity index (χ2n) is 5.06. The van der Waals surface area contributed by atoms with E-state index in [9.17, 15) is 9.90 Å². The van der Waals surface area contributed by atoms with E-state index in [1.807, 2.05) is 13.0 Å². The van der Waals surface area contributed by atoms with Crippen molar-refractivity contribution in [2.45, 2.75) is 38.1 Å². The van der Waals surface area contributed by atoms with Crippen LogP contribution in [0.15, 0.2) is 18.2 Å². The average molecular weight is 268 g/mol. The van der Waals surface area contributed by atoms with Gasteiger partial charge in [0.25, 0.3) is 5.91 Å². The summed E-state index contributed by atoms with van der Waals surface area (Å²) in [7, 11) is 0. The number of amides is 1. The number of nitrogens with one attached hydrogen (secondary N) is 1. The second-order valence-corrected chi connectivity index (χ2v) is 5.50. The minimum atomic E-state index is -0.439. The minimum absolute atomic E-state index is 0.00163. The molecule has 0 spiro atoms. The van der Waals surface area contributed by atoms with Crippen LogP contribution in [0.5, 0.6) is 0 Å². The Balaban J connectivity index is 2.18. The smallest absolute Gasteiger partial charge is 0.252 e. The number of benzene rings is 1. The first-order valence-corrected chi connectivity index (χ1v) is 6.64. The van der Waals surface area contributed by atoms with Crippen molar-refractivity contribution in [2.24, 2.45) is 0 Å². The van der Waals surface area contributed by atoms with Crippen LogP contribution < -0.4 is 5.32 Å². The van der Waals surface area contributed by atoms with Crippen molar-refractivity contribution in [2.75, 3.05) is 6.61 Å². The van der Waals surface area contributed by atoms with Gasteiger partial charge < -0.3 is 10.4 Å². The van der Waals surface area contributed by atoms with E-state index in [-0.39, 0.29) is 12.5 Å². The van der Waals surface area contributed by atoms with Gasteiger partial charge in [-0.25, -0.2) is 0 Å². The maximum atomic E-state index is 12.3. The van der Waals surface area contributed by atoms with Crippen LogP contribution >= 0.6 is 11.6 Å². The van der Waals surface area contributed by atoms with E-state index in [1.165, 1.54) is 0 Å². The van der Waals surface area contributed by atoms with Crippen molar-refractivity contribution in [1.82, 2.24) is 5.32 Å². The molecule has 1 aromatic carbocycles. The van der Waals surface area contributed by atoms with Gasteiger partial charge in [-0.3, -0.25) is 4.79 Å². The van der Waals surface area contributed by atoms with E-state index in [1.54, 1.807) is 12.1 Å². The Morgan fingerprint density at radius 1 is 1.44 bits per heavy atom. The molecule has 0 atom stereocenters. The second kappa shape index (κ2) is 5.29. The molecule has 2 N–H and O–H groups in total. The quantitative estimate of drug-likeness (QED) is 0.885.